The number of imidazole rings is 1. The van der Waals surface area contributed by atoms with Crippen molar-refractivity contribution < 1.29 is 8.42 Å². The average Bonchev–Trinajstić information content (AvgIpc) is 3.13. The van der Waals surface area contributed by atoms with Gasteiger partial charge in [0.15, 0.2) is 5.65 Å². The van der Waals surface area contributed by atoms with Gasteiger partial charge in [0.25, 0.3) is 0 Å². The Labute approximate surface area is 152 Å². The van der Waals surface area contributed by atoms with E-state index < -0.39 is 10.0 Å². The second kappa shape index (κ2) is 5.53. The molecule has 2 saturated carbocycles. The van der Waals surface area contributed by atoms with Crippen LogP contribution in [-0.2, 0) is 10.0 Å². The summed E-state index contributed by atoms with van der Waals surface area (Å²) >= 11 is 0. The lowest BCUT2D eigenvalue weighted by atomic mass is 9.97. The van der Waals surface area contributed by atoms with Crippen LogP contribution < -0.4 is 4.72 Å². The van der Waals surface area contributed by atoms with E-state index in [-0.39, 0.29) is 17.2 Å². The van der Waals surface area contributed by atoms with Gasteiger partial charge in [-0.3, -0.25) is 4.40 Å². The Kier molecular flexibility index (Phi) is 3.46. The normalized spacial score (nSPS) is 26.9. The number of H-pyrrole nitrogens is 1. The minimum Gasteiger partial charge on any atom is -0.345 e. The van der Waals surface area contributed by atoms with E-state index in [1.807, 2.05) is 25.4 Å². The van der Waals surface area contributed by atoms with E-state index in [1.165, 1.54) is 0 Å². The third-order valence-electron chi connectivity index (χ3n) is 5.89. The summed E-state index contributed by atoms with van der Waals surface area (Å²) in [4.78, 5) is 12.5. The first kappa shape index (κ1) is 16.3. The summed E-state index contributed by atoms with van der Waals surface area (Å²) in [7, 11) is -3.15. The maximum Gasteiger partial charge on any atom is 0.214 e. The van der Waals surface area contributed by atoms with Crippen LogP contribution in [0.4, 0.5) is 0 Å². The highest BCUT2D eigenvalue weighted by molar-refractivity contribution is 7.90. The summed E-state index contributed by atoms with van der Waals surface area (Å²) in [5, 5.41) is -0.170. The number of rotatable bonds is 4. The molecule has 2 aliphatic carbocycles. The van der Waals surface area contributed by atoms with Crippen LogP contribution in [0, 0.1) is 12.8 Å². The van der Waals surface area contributed by atoms with Gasteiger partial charge in [-0.05, 0) is 44.6 Å². The largest absolute Gasteiger partial charge is 0.345 e. The number of aryl methyl sites for hydroxylation is 1. The summed E-state index contributed by atoms with van der Waals surface area (Å²) in [6.45, 7) is 4.20. The predicted octanol–water partition coefficient (Wildman–Crippen LogP) is 2.48. The van der Waals surface area contributed by atoms with E-state index in [0.29, 0.717) is 5.92 Å². The number of fused-ring (bicyclic) bond motifs is 3. The minimum absolute atomic E-state index is 0.00295. The molecule has 0 radical (unpaired) electrons. The number of nitrogens with one attached hydrogen (secondary N) is 2. The van der Waals surface area contributed by atoms with Gasteiger partial charge < -0.3 is 4.98 Å². The number of sulfonamides is 1. The molecule has 0 aliphatic heterocycles. The van der Waals surface area contributed by atoms with Crippen LogP contribution >= 0.6 is 0 Å². The molecule has 3 heterocycles. The van der Waals surface area contributed by atoms with Crippen LogP contribution in [-0.4, -0.2) is 39.1 Å². The number of hydrogen-bond donors (Lipinski definition) is 2. The molecular formula is C18H23N5O2S. The van der Waals surface area contributed by atoms with Crippen LogP contribution in [0.2, 0.25) is 0 Å². The molecule has 0 bridgehead atoms. The van der Waals surface area contributed by atoms with Crippen LogP contribution in [0.5, 0.6) is 0 Å². The van der Waals surface area contributed by atoms with Crippen molar-refractivity contribution in [2.24, 2.45) is 5.92 Å². The first-order valence-corrected chi connectivity index (χ1v) is 10.8. The monoisotopic (exact) mass is 373 g/mol. The van der Waals surface area contributed by atoms with Crippen molar-refractivity contribution in [3.05, 3.63) is 30.0 Å². The highest BCUT2D eigenvalue weighted by atomic mass is 32.2. The molecule has 5 rings (SSSR count). The van der Waals surface area contributed by atoms with E-state index in [9.17, 15) is 8.42 Å². The number of aromatic nitrogens is 4. The van der Waals surface area contributed by atoms with Gasteiger partial charge in [0, 0.05) is 18.2 Å². The molecule has 3 aromatic rings. The zero-order valence-electron chi connectivity index (χ0n) is 14.9. The predicted molar refractivity (Wildman–Crippen MR) is 99.6 cm³/mol. The molecule has 3 atom stereocenters. The van der Waals surface area contributed by atoms with Gasteiger partial charge in [-0.25, -0.2) is 23.1 Å². The Morgan fingerprint density at radius 3 is 2.85 bits per heavy atom. The van der Waals surface area contributed by atoms with Crippen LogP contribution in [0.15, 0.2) is 18.5 Å². The van der Waals surface area contributed by atoms with Gasteiger partial charge in [0.2, 0.25) is 10.0 Å². The zero-order valence-corrected chi connectivity index (χ0v) is 15.8. The second-order valence-electron chi connectivity index (χ2n) is 7.86. The Balaban J connectivity index is 1.52. The molecule has 8 heteroatoms. The molecule has 2 aliphatic rings. The fraction of sp³-hybridized carbons (Fsp3) is 0.556. The van der Waals surface area contributed by atoms with E-state index in [4.69, 9.17) is 4.98 Å². The Bertz CT molecular complexity index is 1100. The maximum atomic E-state index is 12.3. The summed E-state index contributed by atoms with van der Waals surface area (Å²) in [6.07, 6.45) is 6.98. The van der Waals surface area contributed by atoms with Gasteiger partial charge in [-0.15, -0.1) is 0 Å². The molecule has 2 N–H and O–H groups in total. The maximum absolute atomic E-state index is 12.3. The van der Waals surface area contributed by atoms with Crippen molar-refractivity contribution in [1.29, 1.82) is 0 Å². The highest BCUT2D eigenvalue weighted by Gasteiger charge is 2.41. The van der Waals surface area contributed by atoms with Crippen molar-refractivity contribution in [2.75, 3.05) is 0 Å². The lowest BCUT2D eigenvalue weighted by Gasteiger charge is -2.14. The third kappa shape index (κ3) is 2.46. The second-order valence-corrected chi connectivity index (χ2v) is 9.85. The van der Waals surface area contributed by atoms with Crippen molar-refractivity contribution >= 4 is 26.7 Å². The number of hydrogen-bond acceptors (Lipinski definition) is 4. The smallest absolute Gasteiger partial charge is 0.214 e. The summed E-state index contributed by atoms with van der Waals surface area (Å²) in [5.74, 6) is 1.61. The van der Waals surface area contributed by atoms with Crippen molar-refractivity contribution in [2.45, 2.75) is 56.7 Å². The first-order chi connectivity index (χ1) is 12.4. The Morgan fingerprint density at radius 1 is 1.27 bits per heavy atom. The van der Waals surface area contributed by atoms with E-state index in [0.717, 1.165) is 53.9 Å². The van der Waals surface area contributed by atoms with Gasteiger partial charge in [0.05, 0.1) is 28.2 Å². The van der Waals surface area contributed by atoms with Crippen molar-refractivity contribution in [3.63, 3.8) is 0 Å². The molecule has 0 amide bonds. The molecule has 0 spiro atoms. The lowest BCUT2D eigenvalue weighted by molar-refractivity contribution is 0.507. The van der Waals surface area contributed by atoms with Gasteiger partial charge in [-0.1, -0.05) is 6.92 Å². The van der Waals surface area contributed by atoms with E-state index in [2.05, 4.69) is 26.0 Å². The molecule has 7 nitrogen and oxygen atoms in total. The van der Waals surface area contributed by atoms with Crippen LogP contribution in [0.1, 0.15) is 50.0 Å². The van der Waals surface area contributed by atoms with Gasteiger partial charge in [0.1, 0.15) is 5.82 Å². The van der Waals surface area contributed by atoms with Crippen LogP contribution in [0.3, 0.4) is 0 Å². The summed E-state index contributed by atoms with van der Waals surface area (Å²) < 4.78 is 29.8. The fourth-order valence-corrected chi connectivity index (χ4v) is 6.00. The number of aromatic amines is 1. The SMILES string of the molecule is Cc1nc([C@@H]2C[C@H](NS(=O)(=O)C3CC3)CC2C)n2c1cnc1[nH]ccc12. The lowest BCUT2D eigenvalue weighted by Crippen LogP contribution is -2.35. The molecule has 138 valence electrons. The topological polar surface area (TPSA) is 92.2 Å². The van der Waals surface area contributed by atoms with Crippen molar-refractivity contribution in [3.8, 4) is 0 Å². The molecule has 26 heavy (non-hydrogen) atoms. The molecule has 3 aromatic heterocycles. The Morgan fingerprint density at radius 2 is 2.08 bits per heavy atom. The minimum atomic E-state index is -3.15. The van der Waals surface area contributed by atoms with Gasteiger partial charge >= 0.3 is 0 Å². The standard InChI is InChI=1S/C18H23N5O2S/c1-10-7-12(22-26(24,25)13-3-4-13)8-14(10)18-21-11(2)16-9-20-17-15(23(16)18)5-6-19-17/h5-6,9-10,12-14,19,22H,3-4,7-8H2,1-2H3/t10?,12-,14-/m1/s1. The molecule has 1 unspecified atom stereocenters. The van der Waals surface area contributed by atoms with Crippen LogP contribution in [0.25, 0.3) is 16.7 Å². The zero-order chi connectivity index (χ0) is 18.1. The van der Waals surface area contributed by atoms with E-state index in [1.54, 1.807) is 0 Å². The molecule has 2 fully saturated rings. The highest BCUT2D eigenvalue weighted by Crippen LogP contribution is 2.41. The Hall–Kier alpha value is -1.93. The molecular weight excluding hydrogens is 350 g/mol. The average molecular weight is 373 g/mol. The first-order valence-electron chi connectivity index (χ1n) is 9.26. The van der Waals surface area contributed by atoms with E-state index >= 15 is 0 Å². The van der Waals surface area contributed by atoms with Gasteiger partial charge in [-0.2, -0.15) is 0 Å². The third-order valence-corrected chi connectivity index (χ3v) is 7.90. The summed E-state index contributed by atoms with van der Waals surface area (Å²) in [5.41, 5.74) is 3.84. The molecule has 0 saturated heterocycles. The number of nitrogens with zero attached hydrogens (tertiary/aromatic N) is 3. The van der Waals surface area contributed by atoms with Crippen molar-refractivity contribution in [1.82, 2.24) is 24.1 Å². The molecule has 0 aromatic carbocycles. The quantitative estimate of drug-likeness (QED) is 0.735. The fourth-order valence-electron chi connectivity index (χ4n) is 4.39. The summed E-state index contributed by atoms with van der Waals surface area (Å²) in [6, 6.07) is 2.02.